The van der Waals surface area contributed by atoms with E-state index in [9.17, 15) is 0 Å². The highest BCUT2D eigenvalue weighted by Crippen LogP contribution is 2.28. The first kappa shape index (κ1) is 14.3. The molecule has 0 saturated heterocycles. The van der Waals surface area contributed by atoms with Crippen molar-refractivity contribution in [1.82, 2.24) is 0 Å². The molecule has 0 N–H and O–H groups in total. The van der Waals surface area contributed by atoms with Crippen molar-refractivity contribution in [2.24, 2.45) is 0 Å². The van der Waals surface area contributed by atoms with Gasteiger partial charge in [0.25, 0.3) is 0 Å². The molecule has 0 nitrogen and oxygen atoms in total. The minimum Gasteiger partial charge on any atom is -0.0654 e. The Bertz CT molecular complexity index is 284. The molecule has 0 aromatic heterocycles. The van der Waals surface area contributed by atoms with Crippen LogP contribution in [0.3, 0.4) is 0 Å². The SMILES string of the molecule is CCCCCCC[CH]C(C)(C)c1ccccc1. The summed E-state index contributed by atoms with van der Waals surface area (Å²) in [7, 11) is 0. The Morgan fingerprint density at radius 3 is 2.24 bits per heavy atom. The van der Waals surface area contributed by atoms with E-state index in [1.807, 2.05) is 0 Å². The molecule has 0 heterocycles. The molecule has 1 radical (unpaired) electrons. The van der Waals surface area contributed by atoms with E-state index in [1.54, 1.807) is 0 Å². The van der Waals surface area contributed by atoms with Crippen LogP contribution < -0.4 is 0 Å². The summed E-state index contributed by atoms with van der Waals surface area (Å²) in [4.78, 5) is 0. The number of hydrogen-bond donors (Lipinski definition) is 0. The second-order valence-corrected chi connectivity index (χ2v) is 5.49. The monoisotopic (exact) mass is 231 g/mol. The lowest BCUT2D eigenvalue weighted by Crippen LogP contribution is -2.17. The summed E-state index contributed by atoms with van der Waals surface area (Å²) in [5.74, 6) is 0. The van der Waals surface area contributed by atoms with Gasteiger partial charge in [0.1, 0.15) is 0 Å². The lowest BCUT2D eigenvalue weighted by atomic mass is 9.80. The van der Waals surface area contributed by atoms with Gasteiger partial charge in [-0.15, -0.1) is 0 Å². The van der Waals surface area contributed by atoms with E-state index in [2.05, 4.69) is 57.5 Å². The molecule has 0 aliphatic carbocycles. The summed E-state index contributed by atoms with van der Waals surface area (Å²) in [6.45, 7) is 6.90. The van der Waals surface area contributed by atoms with Crippen molar-refractivity contribution in [3.8, 4) is 0 Å². The molecule has 0 amide bonds. The first-order valence-corrected chi connectivity index (χ1v) is 7.06. The van der Waals surface area contributed by atoms with Crippen LogP contribution in [0.5, 0.6) is 0 Å². The summed E-state index contributed by atoms with van der Waals surface area (Å²) in [5.41, 5.74) is 1.64. The highest BCUT2D eigenvalue weighted by atomic mass is 14.2. The van der Waals surface area contributed by atoms with E-state index in [4.69, 9.17) is 0 Å². The van der Waals surface area contributed by atoms with E-state index >= 15 is 0 Å². The number of unbranched alkanes of at least 4 members (excludes halogenated alkanes) is 5. The summed E-state index contributed by atoms with van der Waals surface area (Å²) in [6.07, 6.45) is 10.6. The molecular weight excluding hydrogens is 204 g/mol. The zero-order valence-electron chi connectivity index (χ0n) is 11.7. The van der Waals surface area contributed by atoms with Crippen molar-refractivity contribution >= 4 is 0 Å². The van der Waals surface area contributed by atoms with Gasteiger partial charge in [0.2, 0.25) is 0 Å². The van der Waals surface area contributed by atoms with E-state index in [0.29, 0.717) is 0 Å². The number of hydrogen-bond acceptors (Lipinski definition) is 0. The molecule has 0 saturated carbocycles. The fraction of sp³-hybridized carbons (Fsp3) is 0.588. The maximum absolute atomic E-state index is 2.48. The lowest BCUT2D eigenvalue weighted by Gasteiger charge is -2.24. The topological polar surface area (TPSA) is 0 Å². The molecule has 0 spiro atoms. The van der Waals surface area contributed by atoms with Gasteiger partial charge < -0.3 is 0 Å². The third kappa shape index (κ3) is 5.39. The quantitative estimate of drug-likeness (QED) is 0.516. The van der Waals surface area contributed by atoms with Gasteiger partial charge in [-0.1, -0.05) is 83.2 Å². The van der Waals surface area contributed by atoms with Crippen molar-refractivity contribution in [3.05, 3.63) is 42.3 Å². The van der Waals surface area contributed by atoms with Crippen molar-refractivity contribution in [2.45, 2.75) is 64.7 Å². The van der Waals surface area contributed by atoms with Crippen molar-refractivity contribution < 1.29 is 0 Å². The van der Waals surface area contributed by atoms with Crippen LogP contribution in [0.2, 0.25) is 0 Å². The fourth-order valence-corrected chi connectivity index (χ4v) is 2.20. The Hall–Kier alpha value is -0.780. The van der Waals surface area contributed by atoms with Crippen LogP contribution in [-0.4, -0.2) is 0 Å². The van der Waals surface area contributed by atoms with Crippen LogP contribution >= 0.6 is 0 Å². The second-order valence-electron chi connectivity index (χ2n) is 5.49. The Labute approximate surface area is 107 Å². The maximum atomic E-state index is 2.48. The van der Waals surface area contributed by atoms with Gasteiger partial charge in [0.15, 0.2) is 0 Å². The van der Waals surface area contributed by atoms with Crippen molar-refractivity contribution in [1.29, 1.82) is 0 Å². The van der Waals surface area contributed by atoms with Crippen molar-refractivity contribution in [2.75, 3.05) is 0 Å². The molecule has 17 heavy (non-hydrogen) atoms. The van der Waals surface area contributed by atoms with Crippen LogP contribution in [0.1, 0.15) is 64.9 Å². The lowest BCUT2D eigenvalue weighted by molar-refractivity contribution is 0.550. The molecule has 0 fully saturated rings. The first-order chi connectivity index (χ1) is 8.17. The largest absolute Gasteiger partial charge is 0.0654 e. The van der Waals surface area contributed by atoms with E-state index < -0.39 is 0 Å². The average Bonchev–Trinajstić information content (AvgIpc) is 2.35. The van der Waals surface area contributed by atoms with E-state index in [-0.39, 0.29) is 5.41 Å². The van der Waals surface area contributed by atoms with Gasteiger partial charge in [-0.05, 0) is 23.8 Å². The fourth-order valence-electron chi connectivity index (χ4n) is 2.20. The van der Waals surface area contributed by atoms with Gasteiger partial charge in [-0.2, -0.15) is 0 Å². The Morgan fingerprint density at radius 1 is 0.941 bits per heavy atom. The predicted octanol–water partition coefficient (Wildman–Crippen LogP) is 5.53. The molecule has 0 aliphatic heterocycles. The third-order valence-electron chi connectivity index (χ3n) is 3.48. The minimum atomic E-state index is 0.214. The maximum Gasteiger partial charge on any atom is -0.00724 e. The number of rotatable bonds is 8. The summed E-state index contributed by atoms with van der Waals surface area (Å²) < 4.78 is 0. The predicted molar refractivity (Wildman–Crippen MR) is 77.1 cm³/mol. The second kappa shape index (κ2) is 7.53. The van der Waals surface area contributed by atoms with Gasteiger partial charge in [-0.3, -0.25) is 0 Å². The molecule has 0 atom stereocenters. The molecule has 1 aromatic rings. The highest BCUT2D eigenvalue weighted by molar-refractivity contribution is 5.26. The van der Waals surface area contributed by atoms with Gasteiger partial charge in [0.05, 0.1) is 0 Å². The molecule has 1 rings (SSSR count). The van der Waals surface area contributed by atoms with Gasteiger partial charge in [-0.25, -0.2) is 0 Å². The zero-order chi connectivity index (χ0) is 12.6. The standard InChI is InChI=1S/C17H27/c1-4-5-6-7-8-12-15-17(2,3)16-13-10-9-11-14-16/h9-11,13-15H,4-8,12H2,1-3H3. The van der Waals surface area contributed by atoms with E-state index in [1.165, 1.54) is 44.1 Å². The van der Waals surface area contributed by atoms with Crippen LogP contribution in [0, 0.1) is 6.42 Å². The average molecular weight is 231 g/mol. The molecular formula is C17H27. The Morgan fingerprint density at radius 2 is 1.59 bits per heavy atom. The molecule has 0 heteroatoms. The first-order valence-electron chi connectivity index (χ1n) is 7.06. The van der Waals surface area contributed by atoms with Gasteiger partial charge in [0, 0.05) is 0 Å². The summed E-state index contributed by atoms with van der Waals surface area (Å²) >= 11 is 0. The zero-order valence-corrected chi connectivity index (χ0v) is 11.7. The molecule has 95 valence electrons. The van der Waals surface area contributed by atoms with Gasteiger partial charge >= 0.3 is 0 Å². The van der Waals surface area contributed by atoms with Crippen LogP contribution in [0.4, 0.5) is 0 Å². The van der Waals surface area contributed by atoms with E-state index in [0.717, 1.165) is 0 Å². The molecule has 0 aliphatic rings. The molecule has 0 bridgehead atoms. The Balaban J connectivity index is 2.26. The Kier molecular flexibility index (Phi) is 6.32. The van der Waals surface area contributed by atoms with Crippen LogP contribution in [0.25, 0.3) is 0 Å². The third-order valence-corrected chi connectivity index (χ3v) is 3.48. The normalized spacial score (nSPS) is 11.7. The minimum absolute atomic E-state index is 0.214. The number of benzene rings is 1. The highest BCUT2D eigenvalue weighted by Gasteiger charge is 2.19. The summed E-state index contributed by atoms with van der Waals surface area (Å²) in [6, 6.07) is 10.8. The summed E-state index contributed by atoms with van der Waals surface area (Å²) in [5, 5.41) is 0. The molecule has 0 unspecified atom stereocenters. The molecule has 1 aromatic carbocycles. The van der Waals surface area contributed by atoms with Crippen LogP contribution in [0.15, 0.2) is 30.3 Å². The van der Waals surface area contributed by atoms with Crippen LogP contribution in [-0.2, 0) is 5.41 Å². The van der Waals surface area contributed by atoms with Crippen molar-refractivity contribution in [3.63, 3.8) is 0 Å². The smallest absolute Gasteiger partial charge is 0.00724 e.